The molecule has 2 aromatic rings. The van der Waals surface area contributed by atoms with Gasteiger partial charge in [0.05, 0.1) is 12.2 Å². The summed E-state index contributed by atoms with van der Waals surface area (Å²) in [6, 6.07) is 7.08. The average molecular weight is 426 g/mol. The van der Waals surface area contributed by atoms with Gasteiger partial charge < -0.3 is 14.8 Å². The highest BCUT2D eigenvalue weighted by molar-refractivity contribution is 9.10. The van der Waals surface area contributed by atoms with Gasteiger partial charge in [0, 0.05) is 10.0 Å². The first-order valence-corrected chi connectivity index (χ1v) is 9.13. The average Bonchev–Trinajstić information content (AvgIpc) is 3.13. The number of nitrogens with two attached hydrogens (primary N) is 1. The minimum absolute atomic E-state index is 0.0549. The normalized spacial score (nSPS) is 16.6. The van der Waals surface area contributed by atoms with E-state index in [1.54, 1.807) is 25.1 Å². The highest BCUT2D eigenvalue weighted by Crippen LogP contribution is 2.32. The third kappa shape index (κ3) is 3.75. The lowest BCUT2D eigenvalue weighted by Crippen LogP contribution is -2.42. The summed E-state index contributed by atoms with van der Waals surface area (Å²) in [5.41, 5.74) is 1.08. The van der Waals surface area contributed by atoms with Crippen LogP contribution in [0.25, 0.3) is 0 Å². The molecule has 1 aromatic heterocycles. The monoisotopic (exact) mass is 425 g/mol. The Kier molecular flexibility index (Phi) is 4.93. The second-order valence-electron chi connectivity index (χ2n) is 5.42. The number of anilines is 1. The van der Waals surface area contributed by atoms with E-state index in [-0.39, 0.29) is 24.0 Å². The number of nitrogens with zero attached hydrogens (tertiary/aromatic N) is 3. The molecule has 1 atom stereocenters. The van der Waals surface area contributed by atoms with Crippen molar-refractivity contribution in [2.45, 2.75) is 20.4 Å². The Bertz CT molecular complexity index is 909. The lowest BCUT2D eigenvalue weighted by Gasteiger charge is -2.19. The van der Waals surface area contributed by atoms with Crippen molar-refractivity contribution >= 4 is 44.5 Å². The van der Waals surface area contributed by atoms with E-state index in [9.17, 15) is 9.32 Å². The number of hydrazine groups is 1. The number of phenolic OH excluding ortho intramolecular Hbond substituents is 1. The summed E-state index contributed by atoms with van der Waals surface area (Å²) in [5, 5.41) is 14.5. The number of phenols is 1. The van der Waals surface area contributed by atoms with Crippen molar-refractivity contribution in [1.82, 2.24) is 5.01 Å². The van der Waals surface area contributed by atoms with Gasteiger partial charge >= 0.3 is 0 Å². The van der Waals surface area contributed by atoms with Crippen molar-refractivity contribution in [3.05, 3.63) is 45.8 Å². The van der Waals surface area contributed by atoms with Gasteiger partial charge in [-0.2, -0.15) is 0 Å². The number of nitrogens with one attached hydrogen (secondary N) is 1. The number of benzene rings is 1. The summed E-state index contributed by atoms with van der Waals surface area (Å²) in [6.45, 7) is 3.83. The van der Waals surface area contributed by atoms with Gasteiger partial charge in [0.25, 0.3) is 11.2 Å². The Balaban J connectivity index is 1.81. The van der Waals surface area contributed by atoms with Crippen molar-refractivity contribution in [2.75, 3.05) is 5.32 Å². The molecule has 25 heavy (non-hydrogen) atoms. The molecule has 0 fully saturated rings. The van der Waals surface area contributed by atoms with Gasteiger partial charge in [0.2, 0.25) is 0 Å². The van der Waals surface area contributed by atoms with Crippen LogP contribution in [-0.2, 0) is 17.7 Å². The van der Waals surface area contributed by atoms with E-state index in [0.717, 1.165) is 10.2 Å². The molecule has 0 spiro atoms. The van der Waals surface area contributed by atoms with Crippen LogP contribution in [0.15, 0.2) is 42.0 Å². The van der Waals surface area contributed by atoms with Crippen LogP contribution in [0.1, 0.15) is 17.1 Å². The summed E-state index contributed by atoms with van der Waals surface area (Å²) in [4.78, 5) is 0. The van der Waals surface area contributed by atoms with Gasteiger partial charge in [-0.05, 0) is 38.1 Å². The van der Waals surface area contributed by atoms with Gasteiger partial charge in [-0.25, -0.2) is 10.1 Å². The Morgan fingerprint density at radius 3 is 2.76 bits per heavy atom. The zero-order valence-electron chi connectivity index (χ0n) is 13.5. The second-order valence-corrected chi connectivity index (χ2v) is 7.10. The summed E-state index contributed by atoms with van der Waals surface area (Å²) in [5.74, 6) is 7.92. The van der Waals surface area contributed by atoms with E-state index in [2.05, 4.69) is 30.0 Å². The maximum Gasteiger partial charge on any atom is 0.269 e. The zero-order chi connectivity index (χ0) is 18.1. The van der Waals surface area contributed by atoms with Crippen LogP contribution in [0.5, 0.6) is 5.75 Å². The highest BCUT2D eigenvalue weighted by atomic mass is 79.9. The Morgan fingerprint density at radius 1 is 1.32 bits per heavy atom. The number of aryl methyl sites for hydroxylation is 1. The van der Waals surface area contributed by atoms with E-state index < -0.39 is 11.2 Å². The van der Waals surface area contributed by atoms with Gasteiger partial charge in [-0.15, -0.1) is 8.80 Å². The van der Waals surface area contributed by atoms with Gasteiger partial charge in [-0.3, -0.25) is 5.01 Å². The molecule has 132 valence electrons. The number of aromatic hydroxyl groups is 1. The first-order valence-electron chi connectivity index (χ1n) is 7.27. The van der Waals surface area contributed by atoms with Crippen LogP contribution in [0.2, 0.25) is 0 Å². The standard InChI is InChI=1S/C15H16BrN5O3S/c1-8-3-4-10(24-8)7-21(17)15-14(19-25(23)20-15)18-12-6-5-11(16)9(2)13(12)22/h3-6,22H,7,17H2,1-2H3,(H,18,19). The predicted molar refractivity (Wildman–Crippen MR) is 100 cm³/mol. The zero-order valence-corrected chi connectivity index (χ0v) is 15.9. The summed E-state index contributed by atoms with van der Waals surface area (Å²) < 4.78 is 25.9. The van der Waals surface area contributed by atoms with Crippen molar-refractivity contribution < 1.29 is 13.7 Å². The molecule has 1 aliphatic heterocycles. The van der Waals surface area contributed by atoms with E-state index in [1.165, 1.54) is 5.01 Å². The van der Waals surface area contributed by atoms with Crippen molar-refractivity contribution in [2.24, 2.45) is 14.6 Å². The molecule has 0 amide bonds. The smallest absolute Gasteiger partial charge is 0.269 e. The van der Waals surface area contributed by atoms with E-state index in [1.807, 2.05) is 13.0 Å². The van der Waals surface area contributed by atoms with Crippen molar-refractivity contribution in [1.29, 1.82) is 0 Å². The molecule has 1 aromatic carbocycles. The molecule has 1 aliphatic rings. The van der Waals surface area contributed by atoms with Gasteiger partial charge in [-0.1, -0.05) is 15.9 Å². The van der Waals surface area contributed by atoms with E-state index >= 15 is 0 Å². The maximum atomic E-state index is 11.7. The number of hydrogen-bond donors (Lipinski definition) is 3. The minimum atomic E-state index is -1.78. The van der Waals surface area contributed by atoms with Crippen LogP contribution >= 0.6 is 15.9 Å². The highest BCUT2D eigenvalue weighted by Gasteiger charge is 2.25. The fourth-order valence-electron chi connectivity index (χ4n) is 2.24. The minimum Gasteiger partial charge on any atom is -0.505 e. The van der Waals surface area contributed by atoms with Crippen LogP contribution < -0.4 is 11.2 Å². The largest absolute Gasteiger partial charge is 0.505 e. The molecule has 10 heteroatoms. The number of rotatable bonds is 3. The van der Waals surface area contributed by atoms with Crippen molar-refractivity contribution in [3.8, 4) is 5.75 Å². The lowest BCUT2D eigenvalue weighted by molar-refractivity contribution is 0.370. The first-order chi connectivity index (χ1) is 11.8. The van der Waals surface area contributed by atoms with E-state index in [4.69, 9.17) is 10.3 Å². The molecule has 0 radical (unpaired) electrons. The fourth-order valence-corrected chi connectivity index (χ4v) is 3.22. The number of furan rings is 1. The van der Waals surface area contributed by atoms with E-state index in [0.29, 0.717) is 17.0 Å². The molecular weight excluding hydrogens is 410 g/mol. The maximum absolute atomic E-state index is 11.7. The molecule has 0 saturated carbocycles. The molecular formula is C15H16BrN5O3S. The molecule has 0 aliphatic carbocycles. The second kappa shape index (κ2) is 6.98. The van der Waals surface area contributed by atoms with Gasteiger partial charge in [0.1, 0.15) is 17.3 Å². The molecule has 0 bridgehead atoms. The SMILES string of the molecule is Cc1ccc(CN(N)C2=NS(=O)N=C2Nc2ccc(Br)c(C)c2O)o1. The predicted octanol–water partition coefficient (Wildman–Crippen LogP) is 2.54. The Labute approximate surface area is 155 Å². The van der Waals surface area contributed by atoms with Gasteiger partial charge in [0.15, 0.2) is 11.7 Å². The quantitative estimate of drug-likeness (QED) is 0.395. The first kappa shape index (κ1) is 17.6. The van der Waals surface area contributed by atoms with Crippen molar-refractivity contribution in [3.63, 3.8) is 0 Å². The molecule has 2 heterocycles. The van der Waals surface area contributed by atoms with Crippen LogP contribution in [-0.4, -0.2) is 26.0 Å². The molecule has 1 unspecified atom stereocenters. The Hall–Kier alpha value is -2.17. The summed E-state index contributed by atoms with van der Waals surface area (Å²) in [7, 11) is 0. The molecule has 3 rings (SSSR count). The third-order valence-electron chi connectivity index (χ3n) is 3.56. The topological polar surface area (TPSA) is 116 Å². The molecule has 8 nitrogen and oxygen atoms in total. The van der Waals surface area contributed by atoms with Crippen LogP contribution in [0.4, 0.5) is 5.69 Å². The lowest BCUT2D eigenvalue weighted by atomic mass is 10.2. The number of hydrogen-bond acceptors (Lipinski definition) is 6. The van der Waals surface area contributed by atoms with Crippen LogP contribution in [0.3, 0.4) is 0 Å². The van der Waals surface area contributed by atoms with Crippen LogP contribution in [0, 0.1) is 13.8 Å². The number of amidine groups is 2. The molecule has 4 N–H and O–H groups in total. The summed E-state index contributed by atoms with van der Waals surface area (Å²) in [6.07, 6.45) is 0. The fraction of sp³-hybridized carbons (Fsp3) is 0.200. The third-order valence-corrected chi connectivity index (χ3v) is 5.08. The molecule has 0 saturated heterocycles. The number of halogens is 1. The Morgan fingerprint density at radius 2 is 2.08 bits per heavy atom. The summed E-state index contributed by atoms with van der Waals surface area (Å²) >= 11 is 1.57.